The Balaban J connectivity index is 2.04. The van der Waals surface area contributed by atoms with Gasteiger partial charge in [0.15, 0.2) is 0 Å². The molecule has 2 rings (SSSR count). The molecular weight excluding hydrogens is 317 g/mol. The molecular formula is C12H11ClFN5O3. The van der Waals surface area contributed by atoms with Crippen molar-refractivity contribution in [3.05, 3.63) is 50.9 Å². The number of rotatable bonds is 5. The van der Waals surface area contributed by atoms with Gasteiger partial charge in [0.25, 0.3) is 0 Å². The first-order valence-corrected chi connectivity index (χ1v) is 6.40. The van der Waals surface area contributed by atoms with Gasteiger partial charge in [-0.3, -0.25) is 10.1 Å². The van der Waals surface area contributed by atoms with Crippen LogP contribution in [0.15, 0.2) is 24.4 Å². The normalized spacial score (nSPS) is 12.0. The summed E-state index contributed by atoms with van der Waals surface area (Å²) in [5, 5.41) is 23.1. The highest BCUT2D eigenvalue weighted by molar-refractivity contribution is 6.30. The zero-order valence-corrected chi connectivity index (χ0v) is 11.8. The molecule has 1 aromatic carbocycles. The summed E-state index contributed by atoms with van der Waals surface area (Å²) >= 11 is 5.55. The maximum absolute atomic E-state index is 13.3. The molecule has 0 bridgehead atoms. The van der Waals surface area contributed by atoms with Crippen LogP contribution < -0.4 is 11.1 Å². The number of aliphatic hydroxyl groups excluding tert-OH is 1. The molecule has 0 aliphatic carbocycles. The van der Waals surface area contributed by atoms with Crippen molar-refractivity contribution in [3.8, 4) is 0 Å². The summed E-state index contributed by atoms with van der Waals surface area (Å²) in [5.74, 6) is -0.930. The number of aromatic nitrogens is 2. The van der Waals surface area contributed by atoms with Gasteiger partial charge in [-0.15, -0.1) is 0 Å². The van der Waals surface area contributed by atoms with E-state index < -0.39 is 22.5 Å². The van der Waals surface area contributed by atoms with Crippen LogP contribution in [-0.4, -0.2) is 26.5 Å². The predicted molar refractivity (Wildman–Crippen MR) is 78.0 cm³/mol. The Morgan fingerprint density at radius 3 is 2.86 bits per heavy atom. The lowest BCUT2D eigenvalue weighted by atomic mass is 10.1. The van der Waals surface area contributed by atoms with Crippen LogP contribution in [-0.2, 0) is 0 Å². The van der Waals surface area contributed by atoms with E-state index in [-0.39, 0.29) is 23.3 Å². The smallest absolute Gasteiger partial charge is 0.329 e. The Labute approximate surface area is 128 Å². The summed E-state index contributed by atoms with van der Waals surface area (Å²) in [7, 11) is 0. The van der Waals surface area contributed by atoms with Gasteiger partial charge in [-0.25, -0.2) is 9.37 Å². The molecule has 1 aromatic heterocycles. The standard InChI is InChI=1S/C12H11ClFN5O3/c13-7-2-1-6(3-8(7)14)10(20)5-17-12-16-4-9(19(21)22)11(15)18-12/h1-4,10,20H,5H2,(H3,15,16,17,18). The Bertz CT molecular complexity index is 715. The van der Waals surface area contributed by atoms with Gasteiger partial charge in [0.2, 0.25) is 11.8 Å². The van der Waals surface area contributed by atoms with Crippen molar-refractivity contribution in [1.29, 1.82) is 0 Å². The van der Waals surface area contributed by atoms with Crippen LogP contribution in [0.2, 0.25) is 5.02 Å². The summed E-state index contributed by atoms with van der Waals surface area (Å²) < 4.78 is 13.3. The average Bonchev–Trinajstić information content (AvgIpc) is 2.47. The van der Waals surface area contributed by atoms with Gasteiger partial charge in [-0.05, 0) is 17.7 Å². The number of nitrogen functional groups attached to an aromatic ring is 1. The maximum Gasteiger partial charge on any atom is 0.329 e. The van der Waals surface area contributed by atoms with Gasteiger partial charge in [0, 0.05) is 6.54 Å². The maximum atomic E-state index is 13.3. The number of nitrogens with one attached hydrogen (secondary N) is 1. The number of halogens is 2. The van der Waals surface area contributed by atoms with Gasteiger partial charge >= 0.3 is 5.69 Å². The molecule has 0 fully saturated rings. The van der Waals surface area contributed by atoms with Gasteiger partial charge < -0.3 is 16.2 Å². The molecule has 4 N–H and O–H groups in total. The van der Waals surface area contributed by atoms with E-state index in [2.05, 4.69) is 15.3 Å². The minimum absolute atomic E-state index is 0.0107. The minimum Gasteiger partial charge on any atom is -0.387 e. The first kappa shape index (κ1) is 15.9. The summed E-state index contributed by atoms with van der Waals surface area (Å²) in [6.45, 7) is -0.0433. The van der Waals surface area contributed by atoms with E-state index >= 15 is 0 Å². The molecule has 1 atom stereocenters. The summed E-state index contributed by atoms with van der Waals surface area (Å²) in [5.41, 5.74) is 5.32. The van der Waals surface area contributed by atoms with Crippen molar-refractivity contribution in [3.63, 3.8) is 0 Å². The van der Waals surface area contributed by atoms with E-state index in [0.29, 0.717) is 5.56 Å². The molecule has 0 saturated heterocycles. The van der Waals surface area contributed by atoms with Gasteiger partial charge in [-0.1, -0.05) is 17.7 Å². The second-order valence-corrected chi connectivity index (χ2v) is 4.70. The summed E-state index contributed by atoms with van der Waals surface area (Å²) in [4.78, 5) is 17.3. The lowest BCUT2D eigenvalue weighted by Gasteiger charge is -2.12. The number of benzene rings is 1. The van der Waals surface area contributed by atoms with Crippen molar-refractivity contribution >= 4 is 29.1 Å². The predicted octanol–water partition coefficient (Wildman–Crippen LogP) is 1.90. The van der Waals surface area contributed by atoms with Crippen LogP contribution in [0.3, 0.4) is 0 Å². The monoisotopic (exact) mass is 327 g/mol. The molecule has 0 aliphatic rings. The first-order valence-electron chi connectivity index (χ1n) is 6.02. The van der Waals surface area contributed by atoms with Crippen LogP contribution in [0.25, 0.3) is 0 Å². The SMILES string of the molecule is Nc1nc(NCC(O)c2ccc(Cl)c(F)c2)ncc1[N+](=O)[O-]. The molecule has 0 spiro atoms. The number of hydrogen-bond acceptors (Lipinski definition) is 7. The Morgan fingerprint density at radius 2 is 2.27 bits per heavy atom. The third kappa shape index (κ3) is 3.57. The Hall–Kier alpha value is -2.52. The van der Waals surface area contributed by atoms with Crippen LogP contribution >= 0.6 is 11.6 Å². The Kier molecular flexibility index (Phi) is 4.68. The third-order valence-corrected chi connectivity index (χ3v) is 3.08. The van der Waals surface area contributed by atoms with Crippen LogP contribution in [0.4, 0.5) is 21.8 Å². The molecule has 116 valence electrons. The van der Waals surface area contributed by atoms with Crippen molar-refractivity contribution in [2.24, 2.45) is 0 Å². The Morgan fingerprint density at radius 1 is 1.55 bits per heavy atom. The fourth-order valence-electron chi connectivity index (χ4n) is 1.64. The molecule has 22 heavy (non-hydrogen) atoms. The van der Waals surface area contributed by atoms with Crippen LogP contribution in [0, 0.1) is 15.9 Å². The lowest BCUT2D eigenvalue weighted by Crippen LogP contribution is -2.15. The third-order valence-electron chi connectivity index (χ3n) is 2.78. The van der Waals surface area contributed by atoms with E-state index in [1.54, 1.807) is 0 Å². The molecule has 0 saturated carbocycles. The fraction of sp³-hybridized carbons (Fsp3) is 0.167. The summed E-state index contributed by atoms with van der Waals surface area (Å²) in [6.07, 6.45) is -0.0919. The van der Waals surface area contributed by atoms with E-state index in [4.69, 9.17) is 17.3 Å². The topological polar surface area (TPSA) is 127 Å². The molecule has 10 heteroatoms. The molecule has 1 unspecified atom stereocenters. The van der Waals surface area contributed by atoms with Gasteiger partial charge in [0.05, 0.1) is 16.0 Å². The first-order chi connectivity index (χ1) is 10.4. The van der Waals surface area contributed by atoms with Crippen molar-refractivity contribution in [1.82, 2.24) is 9.97 Å². The molecule has 8 nitrogen and oxygen atoms in total. The number of aliphatic hydroxyl groups is 1. The highest BCUT2D eigenvalue weighted by Crippen LogP contribution is 2.21. The van der Waals surface area contributed by atoms with E-state index in [1.165, 1.54) is 12.1 Å². The van der Waals surface area contributed by atoms with Gasteiger partial charge in [0.1, 0.15) is 12.0 Å². The highest BCUT2D eigenvalue weighted by Gasteiger charge is 2.15. The second-order valence-electron chi connectivity index (χ2n) is 4.29. The fourth-order valence-corrected chi connectivity index (χ4v) is 1.76. The zero-order chi connectivity index (χ0) is 16.3. The number of nitrogens with two attached hydrogens (primary N) is 1. The van der Waals surface area contributed by atoms with Gasteiger partial charge in [-0.2, -0.15) is 4.98 Å². The number of hydrogen-bond donors (Lipinski definition) is 3. The average molecular weight is 328 g/mol. The minimum atomic E-state index is -1.05. The second kappa shape index (κ2) is 6.50. The van der Waals surface area contributed by atoms with Crippen molar-refractivity contribution < 1.29 is 14.4 Å². The lowest BCUT2D eigenvalue weighted by molar-refractivity contribution is -0.384. The quantitative estimate of drug-likeness (QED) is 0.565. The van der Waals surface area contributed by atoms with E-state index in [9.17, 15) is 19.6 Å². The summed E-state index contributed by atoms with van der Waals surface area (Å²) in [6, 6.07) is 3.92. The van der Waals surface area contributed by atoms with Crippen molar-refractivity contribution in [2.75, 3.05) is 17.6 Å². The number of nitro groups is 1. The molecule has 2 aromatic rings. The highest BCUT2D eigenvalue weighted by atomic mass is 35.5. The van der Waals surface area contributed by atoms with E-state index in [0.717, 1.165) is 12.3 Å². The van der Waals surface area contributed by atoms with Crippen LogP contribution in [0.1, 0.15) is 11.7 Å². The van der Waals surface area contributed by atoms with Crippen molar-refractivity contribution in [2.45, 2.75) is 6.10 Å². The molecule has 0 aliphatic heterocycles. The molecule has 0 radical (unpaired) electrons. The zero-order valence-electron chi connectivity index (χ0n) is 11.0. The molecule has 1 heterocycles. The van der Waals surface area contributed by atoms with Crippen LogP contribution in [0.5, 0.6) is 0 Å². The number of anilines is 2. The van der Waals surface area contributed by atoms with E-state index in [1.807, 2.05) is 0 Å². The molecule has 0 amide bonds. The largest absolute Gasteiger partial charge is 0.387 e. The number of nitrogens with zero attached hydrogens (tertiary/aromatic N) is 3.